The van der Waals surface area contributed by atoms with Crippen molar-refractivity contribution < 1.29 is 0 Å². The molecular weight excluding hydrogens is 188 g/mol. The Balaban J connectivity index is 0.000000461. The van der Waals surface area contributed by atoms with E-state index in [-0.39, 0.29) is 0 Å². The van der Waals surface area contributed by atoms with E-state index in [9.17, 15) is 0 Å². The molecule has 0 saturated carbocycles. The average Bonchev–Trinajstić information content (AvgIpc) is 2.67. The highest BCUT2D eigenvalue weighted by Gasteiger charge is 2.11. The van der Waals surface area contributed by atoms with Gasteiger partial charge in [-0.05, 0) is 22.6 Å². The highest BCUT2D eigenvalue weighted by Crippen LogP contribution is 2.31. The lowest BCUT2D eigenvalue weighted by Crippen LogP contribution is -1.90. The molecule has 14 heavy (non-hydrogen) atoms. The molecule has 1 aromatic carbocycles. The van der Waals surface area contributed by atoms with E-state index < -0.39 is 0 Å². The Morgan fingerprint density at radius 3 is 2.36 bits per heavy atom. The Bertz CT molecular complexity index is 289. The smallest absolute Gasteiger partial charge is 0.0191 e. The van der Waals surface area contributed by atoms with Gasteiger partial charge in [0.1, 0.15) is 0 Å². The Labute approximate surface area is 92.1 Å². The van der Waals surface area contributed by atoms with Gasteiger partial charge in [0, 0.05) is 11.5 Å². The lowest BCUT2D eigenvalue weighted by Gasteiger charge is -2.06. The summed E-state index contributed by atoms with van der Waals surface area (Å²) in [5.74, 6) is 3.10. The molecule has 0 aliphatic carbocycles. The van der Waals surface area contributed by atoms with Crippen molar-refractivity contribution in [2.75, 3.05) is 0 Å². The molecule has 0 atom stereocenters. The van der Waals surface area contributed by atoms with Crippen LogP contribution in [0.25, 0.3) is 0 Å². The summed E-state index contributed by atoms with van der Waals surface area (Å²) in [6.07, 6.45) is 0. The first-order valence-electron chi connectivity index (χ1n) is 5.47. The van der Waals surface area contributed by atoms with Crippen molar-refractivity contribution in [1.82, 2.24) is 0 Å². The molecule has 0 bridgehead atoms. The van der Waals surface area contributed by atoms with Crippen LogP contribution in [-0.4, -0.2) is 0 Å². The molecule has 1 aliphatic rings. The van der Waals surface area contributed by atoms with E-state index in [0.29, 0.717) is 5.92 Å². The lowest BCUT2D eigenvalue weighted by atomic mass is 9.99. The van der Waals surface area contributed by atoms with Crippen LogP contribution in [0.2, 0.25) is 0 Å². The molecule has 0 saturated heterocycles. The van der Waals surface area contributed by atoms with E-state index in [0.717, 1.165) is 0 Å². The van der Waals surface area contributed by atoms with E-state index in [1.807, 2.05) is 25.6 Å². The van der Waals surface area contributed by atoms with Crippen LogP contribution in [0.5, 0.6) is 0 Å². The fourth-order valence-electron chi connectivity index (χ4n) is 1.55. The van der Waals surface area contributed by atoms with Gasteiger partial charge in [0.25, 0.3) is 0 Å². The molecule has 0 nitrogen and oxygen atoms in total. The quantitative estimate of drug-likeness (QED) is 0.651. The Morgan fingerprint density at radius 1 is 1.07 bits per heavy atom. The highest BCUT2D eigenvalue weighted by atomic mass is 32.2. The maximum atomic E-state index is 2.38. The minimum absolute atomic E-state index is 0.667. The molecule has 1 heterocycles. The van der Waals surface area contributed by atoms with Crippen LogP contribution in [0.3, 0.4) is 0 Å². The third kappa shape index (κ3) is 2.54. The Hall–Kier alpha value is -0.430. The summed E-state index contributed by atoms with van der Waals surface area (Å²) in [7, 11) is 0. The normalized spacial score (nSPS) is 13.5. The van der Waals surface area contributed by atoms with E-state index in [1.165, 1.54) is 17.1 Å². The van der Waals surface area contributed by atoms with Crippen LogP contribution >= 0.6 is 11.8 Å². The second kappa shape index (κ2) is 5.45. The van der Waals surface area contributed by atoms with Gasteiger partial charge in [-0.15, -0.1) is 0 Å². The molecule has 1 heteroatoms. The first-order valence-corrected chi connectivity index (χ1v) is 6.62. The van der Waals surface area contributed by atoms with E-state index in [4.69, 9.17) is 0 Å². The monoisotopic (exact) mass is 208 g/mol. The van der Waals surface area contributed by atoms with Crippen molar-refractivity contribution in [3.05, 3.63) is 34.9 Å². The molecule has 0 spiro atoms. The summed E-state index contributed by atoms with van der Waals surface area (Å²) >= 11 is 2.02. The number of benzene rings is 1. The zero-order chi connectivity index (χ0) is 10.6. The molecule has 0 aromatic heterocycles. The van der Waals surface area contributed by atoms with Crippen molar-refractivity contribution in [2.45, 2.75) is 45.1 Å². The summed E-state index contributed by atoms with van der Waals surface area (Å²) in [5, 5.41) is 0. The van der Waals surface area contributed by atoms with Crippen LogP contribution in [-0.2, 0) is 11.5 Å². The summed E-state index contributed by atoms with van der Waals surface area (Å²) in [6, 6.07) is 6.94. The molecule has 1 aliphatic heterocycles. The van der Waals surface area contributed by atoms with Crippen LogP contribution in [0.15, 0.2) is 18.2 Å². The summed E-state index contributed by atoms with van der Waals surface area (Å²) < 4.78 is 0. The standard InChI is InChI=1S/C11H14S.C2H6/c1-8(2)9-3-4-10-6-12-7-11(10)5-9;1-2/h3-5,8H,6-7H2,1-2H3;1-2H3. The predicted octanol–water partition coefficient (Wildman–Crippen LogP) is 4.58. The van der Waals surface area contributed by atoms with Crippen LogP contribution in [0, 0.1) is 0 Å². The van der Waals surface area contributed by atoms with Gasteiger partial charge in [-0.3, -0.25) is 0 Å². The number of rotatable bonds is 1. The summed E-state index contributed by atoms with van der Waals surface area (Å²) in [5.41, 5.74) is 4.59. The first kappa shape index (κ1) is 11.6. The second-order valence-corrected chi connectivity index (χ2v) is 4.66. The summed E-state index contributed by atoms with van der Waals surface area (Å²) in [4.78, 5) is 0. The zero-order valence-electron chi connectivity index (χ0n) is 9.63. The molecule has 0 unspecified atom stereocenters. The third-order valence-electron chi connectivity index (χ3n) is 2.41. The fraction of sp³-hybridized carbons (Fsp3) is 0.538. The first-order chi connectivity index (χ1) is 6.77. The minimum atomic E-state index is 0.667. The van der Waals surface area contributed by atoms with E-state index in [2.05, 4.69) is 32.0 Å². The van der Waals surface area contributed by atoms with Gasteiger partial charge >= 0.3 is 0 Å². The number of hydrogen-bond acceptors (Lipinski definition) is 1. The molecule has 2 rings (SSSR count). The maximum Gasteiger partial charge on any atom is 0.0191 e. The Morgan fingerprint density at radius 2 is 1.71 bits per heavy atom. The molecule has 0 fully saturated rings. The molecule has 0 N–H and O–H groups in total. The number of thioether (sulfide) groups is 1. The molecule has 0 amide bonds. The SMILES string of the molecule is CC.CC(C)c1ccc2c(c1)CSC2. The van der Waals surface area contributed by atoms with Crippen molar-refractivity contribution in [3.63, 3.8) is 0 Å². The summed E-state index contributed by atoms with van der Waals surface area (Å²) in [6.45, 7) is 8.51. The molecular formula is C13H20S. The maximum absolute atomic E-state index is 2.38. The van der Waals surface area contributed by atoms with Gasteiger partial charge in [-0.25, -0.2) is 0 Å². The van der Waals surface area contributed by atoms with Crippen molar-refractivity contribution in [3.8, 4) is 0 Å². The van der Waals surface area contributed by atoms with Gasteiger partial charge in [0.15, 0.2) is 0 Å². The lowest BCUT2D eigenvalue weighted by molar-refractivity contribution is 0.864. The van der Waals surface area contributed by atoms with Crippen LogP contribution < -0.4 is 0 Å². The zero-order valence-corrected chi connectivity index (χ0v) is 10.4. The van der Waals surface area contributed by atoms with Gasteiger partial charge in [-0.1, -0.05) is 45.9 Å². The van der Waals surface area contributed by atoms with Crippen LogP contribution in [0.1, 0.15) is 50.3 Å². The number of hydrogen-bond donors (Lipinski definition) is 0. The van der Waals surface area contributed by atoms with E-state index in [1.54, 1.807) is 11.1 Å². The van der Waals surface area contributed by atoms with Gasteiger partial charge in [0.05, 0.1) is 0 Å². The number of fused-ring (bicyclic) bond motifs is 1. The molecule has 78 valence electrons. The van der Waals surface area contributed by atoms with Gasteiger partial charge in [0.2, 0.25) is 0 Å². The largest absolute Gasteiger partial charge is 0.152 e. The van der Waals surface area contributed by atoms with Crippen molar-refractivity contribution >= 4 is 11.8 Å². The van der Waals surface area contributed by atoms with Crippen molar-refractivity contribution in [2.24, 2.45) is 0 Å². The third-order valence-corrected chi connectivity index (χ3v) is 3.44. The van der Waals surface area contributed by atoms with Crippen molar-refractivity contribution in [1.29, 1.82) is 0 Å². The van der Waals surface area contributed by atoms with Gasteiger partial charge < -0.3 is 0 Å². The van der Waals surface area contributed by atoms with E-state index >= 15 is 0 Å². The predicted molar refractivity (Wildman–Crippen MR) is 66.9 cm³/mol. The Kier molecular flexibility index (Phi) is 4.53. The fourth-order valence-corrected chi connectivity index (χ4v) is 2.64. The molecule has 1 aromatic rings. The average molecular weight is 208 g/mol. The minimum Gasteiger partial charge on any atom is -0.152 e. The van der Waals surface area contributed by atoms with Gasteiger partial charge in [-0.2, -0.15) is 11.8 Å². The topological polar surface area (TPSA) is 0 Å². The van der Waals surface area contributed by atoms with Crippen LogP contribution in [0.4, 0.5) is 0 Å². The highest BCUT2D eigenvalue weighted by molar-refractivity contribution is 7.98. The second-order valence-electron chi connectivity index (χ2n) is 3.68. The molecule has 0 radical (unpaired) electrons.